The molecule has 0 saturated carbocycles. The fraction of sp³-hybridized carbons (Fsp3) is 0.333. The van der Waals surface area contributed by atoms with E-state index in [0.717, 1.165) is 5.56 Å². The van der Waals surface area contributed by atoms with Crippen molar-refractivity contribution in [2.75, 3.05) is 19.0 Å². The maximum atomic E-state index is 11.7. The van der Waals surface area contributed by atoms with E-state index in [4.69, 9.17) is 4.74 Å². The van der Waals surface area contributed by atoms with Crippen LogP contribution in [0.1, 0.15) is 25.5 Å². The highest BCUT2D eigenvalue weighted by atomic mass is 32.2. The van der Waals surface area contributed by atoms with Gasteiger partial charge < -0.3 is 10.1 Å². The van der Waals surface area contributed by atoms with Gasteiger partial charge in [-0.3, -0.25) is 0 Å². The lowest BCUT2D eigenvalue weighted by Gasteiger charge is -2.15. The fourth-order valence-corrected chi connectivity index (χ4v) is 2.73. The molecular formula is C15H20N4O3S. The summed E-state index contributed by atoms with van der Waals surface area (Å²) in [5.41, 5.74) is 0.941. The second kappa shape index (κ2) is 7.38. The quantitative estimate of drug-likeness (QED) is 0.803. The number of nitrogens with one attached hydrogen (secondary N) is 2. The molecule has 1 unspecified atom stereocenters. The summed E-state index contributed by atoms with van der Waals surface area (Å²) in [6.45, 7) is 4.38. The number of ether oxygens (including phenoxy) is 1. The Labute approximate surface area is 136 Å². The van der Waals surface area contributed by atoms with Gasteiger partial charge in [0.05, 0.1) is 11.5 Å². The maximum Gasteiger partial charge on any atom is 0.240 e. The zero-order valence-corrected chi connectivity index (χ0v) is 14.1. The highest BCUT2D eigenvalue weighted by molar-refractivity contribution is 7.89. The molecular weight excluding hydrogens is 316 g/mol. The molecule has 0 aliphatic rings. The van der Waals surface area contributed by atoms with Gasteiger partial charge in [0.1, 0.15) is 12.1 Å². The van der Waals surface area contributed by atoms with Crippen LogP contribution in [-0.4, -0.2) is 32.0 Å². The second-order valence-electron chi connectivity index (χ2n) is 4.82. The average molecular weight is 336 g/mol. The molecule has 2 rings (SSSR count). The first-order valence-corrected chi connectivity index (χ1v) is 8.69. The molecule has 0 fully saturated rings. The number of benzene rings is 1. The summed E-state index contributed by atoms with van der Waals surface area (Å²) >= 11 is 0. The van der Waals surface area contributed by atoms with Crippen molar-refractivity contribution in [3.05, 3.63) is 42.2 Å². The van der Waals surface area contributed by atoms with Crippen molar-refractivity contribution in [1.29, 1.82) is 0 Å². The molecule has 0 aliphatic heterocycles. The summed E-state index contributed by atoms with van der Waals surface area (Å²) in [7, 11) is -2.03. The van der Waals surface area contributed by atoms with Crippen LogP contribution in [0.3, 0.4) is 0 Å². The monoisotopic (exact) mass is 336 g/mol. The van der Waals surface area contributed by atoms with Gasteiger partial charge in [-0.25, -0.2) is 23.1 Å². The van der Waals surface area contributed by atoms with Crippen molar-refractivity contribution in [2.45, 2.75) is 24.8 Å². The average Bonchev–Trinajstić information content (AvgIpc) is 2.55. The third kappa shape index (κ3) is 4.40. The highest BCUT2D eigenvalue weighted by Gasteiger charge is 2.12. The molecule has 124 valence electrons. The molecule has 0 amide bonds. The van der Waals surface area contributed by atoms with Crippen LogP contribution in [0.2, 0.25) is 0 Å². The molecule has 0 bridgehead atoms. The topological polar surface area (TPSA) is 93.2 Å². The maximum absolute atomic E-state index is 11.7. The van der Waals surface area contributed by atoms with Crippen LogP contribution in [-0.2, 0) is 10.0 Å². The summed E-state index contributed by atoms with van der Waals surface area (Å²) in [4.78, 5) is 8.39. The second-order valence-corrected chi connectivity index (χ2v) is 6.70. The number of aromatic nitrogens is 2. The molecule has 0 aliphatic carbocycles. The number of sulfonamides is 1. The number of hydrogen-bond donors (Lipinski definition) is 2. The van der Waals surface area contributed by atoms with Crippen molar-refractivity contribution >= 4 is 15.8 Å². The van der Waals surface area contributed by atoms with Crippen LogP contribution in [0.25, 0.3) is 0 Å². The van der Waals surface area contributed by atoms with E-state index >= 15 is 0 Å². The lowest BCUT2D eigenvalue weighted by atomic mass is 10.1. The molecule has 1 heterocycles. The molecule has 1 aromatic carbocycles. The minimum absolute atomic E-state index is 0.0503. The molecule has 2 aromatic rings. The Morgan fingerprint density at radius 2 is 1.91 bits per heavy atom. The largest absolute Gasteiger partial charge is 0.478 e. The third-order valence-corrected chi connectivity index (χ3v) is 4.69. The van der Waals surface area contributed by atoms with Crippen LogP contribution >= 0.6 is 0 Å². The highest BCUT2D eigenvalue weighted by Crippen LogP contribution is 2.21. The van der Waals surface area contributed by atoms with E-state index in [1.807, 2.05) is 13.8 Å². The van der Waals surface area contributed by atoms with Gasteiger partial charge in [0.2, 0.25) is 15.9 Å². The predicted octanol–water partition coefficient (Wildman–Crippen LogP) is 1.96. The van der Waals surface area contributed by atoms with Crippen LogP contribution in [0.15, 0.2) is 41.6 Å². The lowest BCUT2D eigenvalue weighted by Crippen LogP contribution is -2.18. The van der Waals surface area contributed by atoms with Crippen molar-refractivity contribution in [3.63, 3.8) is 0 Å². The smallest absolute Gasteiger partial charge is 0.240 e. The Hall–Kier alpha value is -2.19. The Kier molecular flexibility index (Phi) is 5.51. The van der Waals surface area contributed by atoms with E-state index in [2.05, 4.69) is 20.0 Å². The van der Waals surface area contributed by atoms with Crippen LogP contribution in [0.5, 0.6) is 5.88 Å². The first-order chi connectivity index (χ1) is 11.0. The van der Waals surface area contributed by atoms with E-state index in [9.17, 15) is 8.42 Å². The molecule has 1 atom stereocenters. The SMILES string of the molecule is CCOc1cc(NC(C)c2ccc(S(=O)(=O)NC)cc2)ncn1. The van der Waals surface area contributed by atoms with E-state index < -0.39 is 10.0 Å². The van der Waals surface area contributed by atoms with Gasteiger partial charge in [-0.1, -0.05) is 12.1 Å². The zero-order chi connectivity index (χ0) is 16.9. The minimum atomic E-state index is -3.42. The summed E-state index contributed by atoms with van der Waals surface area (Å²) in [5, 5.41) is 3.23. The number of nitrogens with zero attached hydrogens (tertiary/aromatic N) is 2. The van der Waals surface area contributed by atoms with Gasteiger partial charge in [-0.05, 0) is 38.6 Å². The van der Waals surface area contributed by atoms with Crippen LogP contribution < -0.4 is 14.8 Å². The summed E-state index contributed by atoms with van der Waals surface area (Å²) in [5.74, 6) is 1.15. The molecule has 2 N–H and O–H groups in total. The van der Waals surface area contributed by atoms with Crippen molar-refractivity contribution in [1.82, 2.24) is 14.7 Å². The third-order valence-electron chi connectivity index (χ3n) is 3.26. The Bertz CT molecular complexity index is 748. The van der Waals surface area contributed by atoms with Gasteiger partial charge in [-0.15, -0.1) is 0 Å². The van der Waals surface area contributed by atoms with Crippen molar-refractivity contribution in [2.24, 2.45) is 0 Å². The van der Waals surface area contributed by atoms with Crippen molar-refractivity contribution < 1.29 is 13.2 Å². The van der Waals surface area contributed by atoms with E-state index in [0.29, 0.717) is 18.3 Å². The predicted molar refractivity (Wildman–Crippen MR) is 87.9 cm³/mol. The van der Waals surface area contributed by atoms with Gasteiger partial charge in [0.15, 0.2) is 0 Å². The molecule has 23 heavy (non-hydrogen) atoms. The Morgan fingerprint density at radius 3 is 2.52 bits per heavy atom. The number of anilines is 1. The number of hydrogen-bond acceptors (Lipinski definition) is 6. The molecule has 7 nitrogen and oxygen atoms in total. The molecule has 0 spiro atoms. The van der Waals surface area contributed by atoms with Crippen LogP contribution in [0.4, 0.5) is 5.82 Å². The Balaban J connectivity index is 2.12. The van der Waals surface area contributed by atoms with Gasteiger partial charge in [0.25, 0.3) is 0 Å². The van der Waals surface area contributed by atoms with E-state index in [1.165, 1.54) is 13.4 Å². The summed E-state index contributed by atoms with van der Waals surface area (Å²) < 4.78 is 31.1. The first kappa shape index (κ1) is 17.2. The van der Waals surface area contributed by atoms with Gasteiger partial charge in [0, 0.05) is 12.1 Å². The first-order valence-electron chi connectivity index (χ1n) is 7.21. The summed E-state index contributed by atoms with van der Waals surface area (Å²) in [6, 6.07) is 8.36. The van der Waals surface area contributed by atoms with Gasteiger partial charge >= 0.3 is 0 Å². The Morgan fingerprint density at radius 1 is 1.22 bits per heavy atom. The lowest BCUT2D eigenvalue weighted by molar-refractivity contribution is 0.326. The molecule has 1 aromatic heterocycles. The fourth-order valence-electron chi connectivity index (χ4n) is 2.00. The molecule has 8 heteroatoms. The normalized spacial score (nSPS) is 12.7. The molecule has 0 radical (unpaired) electrons. The zero-order valence-electron chi connectivity index (χ0n) is 13.3. The van der Waals surface area contributed by atoms with E-state index in [1.54, 1.807) is 30.3 Å². The molecule has 0 saturated heterocycles. The standard InChI is InChI=1S/C15H20N4O3S/c1-4-22-15-9-14(17-10-18-15)19-11(2)12-5-7-13(8-6-12)23(20,21)16-3/h5-11,16H,4H2,1-3H3,(H,17,18,19). The van der Waals surface area contributed by atoms with E-state index in [-0.39, 0.29) is 10.9 Å². The summed E-state index contributed by atoms with van der Waals surface area (Å²) in [6.07, 6.45) is 1.43. The van der Waals surface area contributed by atoms with Gasteiger partial charge in [-0.2, -0.15) is 0 Å². The number of rotatable bonds is 7. The van der Waals surface area contributed by atoms with Crippen molar-refractivity contribution in [3.8, 4) is 5.88 Å². The van der Waals surface area contributed by atoms with Crippen LogP contribution in [0, 0.1) is 0 Å². The minimum Gasteiger partial charge on any atom is -0.478 e.